The molecular weight excluding hydrogens is 280 g/mol. The summed E-state index contributed by atoms with van der Waals surface area (Å²) in [6, 6.07) is 6.59. The molecule has 0 fully saturated rings. The van der Waals surface area contributed by atoms with E-state index in [2.05, 4.69) is 10.6 Å². The van der Waals surface area contributed by atoms with E-state index >= 15 is 0 Å². The number of urea groups is 1. The number of hydrogen-bond donors (Lipinski definition) is 3. The Morgan fingerprint density at radius 3 is 2.09 bits per heavy atom. The molecule has 0 radical (unpaired) electrons. The van der Waals surface area contributed by atoms with Crippen molar-refractivity contribution in [1.29, 1.82) is 0 Å². The first-order valence-electron chi connectivity index (χ1n) is 7.46. The fourth-order valence-corrected chi connectivity index (χ4v) is 2.12. The highest BCUT2D eigenvalue weighted by molar-refractivity contribution is 5.96. The second kappa shape index (κ2) is 7.40. The summed E-state index contributed by atoms with van der Waals surface area (Å²) in [7, 11) is 0. The molecule has 1 aromatic carbocycles. The van der Waals surface area contributed by atoms with Crippen LogP contribution in [0.3, 0.4) is 0 Å². The standard InChI is InChI=1S/C17H26N2O3/c1-11(2)15(18-16(22)19-17(3,4)5)13-8-6-12(7-9-13)14(21)10-20/h6-9,11,15,20H,10H2,1-5H3,(H2,18,19,22)/t15-/m1/s1. The van der Waals surface area contributed by atoms with Crippen molar-refractivity contribution in [2.45, 2.75) is 46.2 Å². The molecule has 1 rings (SSSR count). The molecule has 0 saturated carbocycles. The van der Waals surface area contributed by atoms with Crippen LogP contribution in [0.5, 0.6) is 0 Å². The summed E-state index contributed by atoms with van der Waals surface area (Å²) in [5.74, 6) is -0.115. The Hall–Kier alpha value is -1.88. The molecule has 0 aliphatic heterocycles. The molecule has 3 N–H and O–H groups in total. The normalized spacial score (nSPS) is 12.9. The molecule has 0 aromatic heterocycles. The molecule has 0 unspecified atom stereocenters. The molecule has 0 bridgehead atoms. The third-order valence-corrected chi connectivity index (χ3v) is 3.18. The smallest absolute Gasteiger partial charge is 0.315 e. The van der Waals surface area contributed by atoms with E-state index in [1.165, 1.54) is 0 Å². The van der Waals surface area contributed by atoms with Crippen molar-refractivity contribution in [2.24, 2.45) is 5.92 Å². The van der Waals surface area contributed by atoms with Gasteiger partial charge >= 0.3 is 6.03 Å². The summed E-state index contributed by atoms with van der Waals surface area (Å²) in [6.07, 6.45) is 0. The minimum absolute atomic E-state index is 0.152. The zero-order valence-corrected chi connectivity index (χ0v) is 13.9. The third kappa shape index (κ3) is 5.48. The summed E-state index contributed by atoms with van der Waals surface area (Å²) < 4.78 is 0. The Kier molecular flexibility index (Phi) is 6.11. The van der Waals surface area contributed by atoms with E-state index in [0.717, 1.165) is 5.56 Å². The molecule has 0 aliphatic carbocycles. The molecule has 5 nitrogen and oxygen atoms in total. The summed E-state index contributed by atoms with van der Waals surface area (Å²) in [5, 5.41) is 14.7. The average Bonchev–Trinajstić information content (AvgIpc) is 2.42. The SMILES string of the molecule is CC(C)[C@@H](NC(=O)NC(C)(C)C)c1ccc(C(=O)CO)cc1. The van der Waals surface area contributed by atoms with Gasteiger partial charge in [0.1, 0.15) is 6.61 Å². The van der Waals surface area contributed by atoms with Crippen molar-refractivity contribution in [3.8, 4) is 0 Å². The van der Waals surface area contributed by atoms with Gasteiger partial charge in [-0.05, 0) is 32.3 Å². The molecule has 5 heteroatoms. The zero-order valence-electron chi connectivity index (χ0n) is 13.9. The fourth-order valence-electron chi connectivity index (χ4n) is 2.12. The first-order chi connectivity index (χ1) is 10.1. The average molecular weight is 306 g/mol. The monoisotopic (exact) mass is 306 g/mol. The van der Waals surface area contributed by atoms with E-state index in [0.29, 0.717) is 5.56 Å². The summed E-state index contributed by atoms with van der Waals surface area (Å²) in [4.78, 5) is 23.5. The Bertz CT molecular complexity index is 516. The van der Waals surface area contributed by atoms with E-state index in [4.69, 9.17) is 5.11 Å². The van der Waals surface area contributed by atoms with Gasteiger partial charge in [0.25, 0.3) is 0 Å². The maximum absolute atomic E-state index is 12.1. The lowest BCUT2D eigenvalue weighted by Gasteiger charge is -2.27. The summed E-state index contributed by atoms with van der Waals surface area (Å²) >= 11 is 0. The van der Waals surface area contributed by atoms with Crippen LogP contribution in [0.1, 0.15) is 56.6 Å². The summed E-state index contributed by atoms with van der Waals surface area (Å²) in [6.45, 7) is 9.31. The number of nitrogens with one attached hydrogen (secondary N) is 2. The molecule has 0 aliphatic rings. The molecule has 1 atom stereocenters. The van der Waals surface area contributed by atoms with Crippen LogP contribution in [0, 0.1) is 5.92 Å². The predicted molar refractivity (Wildman–Crippen MR) is 86.9 cm³/mol. The van der Waals surface area contributed by atoms with Crippen molar-refractivity contribution in [3.05, 3.63) is 35.4 Å². The van der Waals surface area contributed by atoms with Crippen molar-refractivity contribution in [2.75, 3.05) is 6.61 Å². The largest absolute Gasteiger partial charge is 0.388 e. The Balaban J connectivity index is 2.87. The van der Waals surface area contributed by atoms with Crippen LogP contribution < -0.4 is 10.6 Å². The molecule has 2 amide bonds. The zero-order chi connectivity index (χ0) is 16.9. The van der Waals surface area contributed by atoms with Gasteiger partial charge in [0.2, 0.25) is 0 Å². The number of aliphatic hydroxyl groups excluding tert-OH is 1. The van der Waals surface area contributed by atoms with E-state index < -0.39 is 6.61 Å². The number of rotatable bonds is 5. The van der Waals surface area contributed by atoms with Gasteiger partial charge in [-0.3, -0.25) is 4.79 Å². The maximum atomic E-state index is 12.1. The minimum atomic E-state index is -0.501. The van der Waals surface area contributed by atoms with Crippen molar-refractivity contribution in [1.82, 2.24) is 10.6 Å². The number of Topliss-reactive ketones (excluding diaryl/α,β-unsaturated/α-hetero) is 1. The van der Waals surface area contributed by atoms with Crippen LogP contribution in [0.4, 0.5) is 4.79 Å². The van der Waals surface area contributed by atoms with Crippen LogP contribution in [-0.4, -0.2) is 29.1 Å². The van der Waals surface area contributed by atoms with Gasteiger partial charge in [-0.15, -0.1) is 0 Å². The number of aliphatic hydroxyl groups is 1. The van der Waals surface area contributed by atoms with Crippen LogP contribution >= 0.6 is 0 Å². The Labute approximate surface area is 132 Å². The van der Waals surface area contributed by atoms with E-state index in [-0.39, 0.29) is 29.3 Å². The highest BCUT2D eigenvalue weighted by atomic mass is 16.3. The van der Waals surface area contributed by atoms with Gasteiger partial charge in [0, 0.05) is 11.1 Å². The number of amides is 2. The highest BCUT2D eigenvalue weighted by Gasteiger charge is 2.21. The molecule has 0 spiro atoms. The fraction of sp³-hybridized carbons (Fsp3) is 0.529. The second-order valence-corrected chi connectivity index (χ2v) is 6.77. The van der Waals surface area contributed by atoms with Crippen molar-refractivity contribution >= 4 is 11.8 Å². The number of hydrogen-bond acceptors (Lipinski definition) is 3. The quantitative estimate of drug-likeness (QED) is 0.732. The van der Waals surface area contributed by atoms with Crippen LogP contribution in [-0.2, 0) is 0 Å². The topological polar surface area (TPSA) is 78.4 Å². The van der Waals surface area contributed by atoms with Gasteiger partial charge in [0.15, 0.2) is 5.78 Å². The predicted octanol–water partition coefficient (Wildman–Crippen LogP) is 2.66. The van der Waals surface area contributed by atoms with Gasteiger partial charge < -0.3 is 15.7 Å². The first-order valence-corrected chi connectivity index (χ1v) is 7.46. The van der Waals surface area contributed by atoms with E-state index in [9.17, 15) is 9.59 Å². The molecule has 1 aromatic rings. The Morgan fingerprint density at radius 2 is 1.68 bits per heavy atom. The molecule has 0 heterocycles. The van der Waals surface area contributed by atoms with Crippen molar-refractivity contribution < 1.29 is 14.7 Å². The lowest BCUT2D eigenvalue weighted by Crippen LogP contribution is -2.48. The number of carbonyl (C=O) groups is 2. The maximum Gasteiger partial charge on any atom is 0.315 e. The lowest BCUT2D eigenvalue weighted by atomic mass is 9.95. The molecule has 122 valence electrons. The number of ketones is 1. The van der Waals surface area contributed by atoms with Crippen LogP contribution in [0.25, 0.3) is 0 Å². The van der Waals surface area contributed by atoms with Gasteiger partial charge in [-0.2, -0.15) is 0 Å². The third-order valence-electron chi connectivity index (χ3n) is 3.18. The van der Waals surface area contributed by atoms with E-state index in [1.807, 2.05) is 46.8 Å². The Morgan fingerprint density at radius 1 is 1.14 bits per heavy atom. The highest BCUT2D eigenvalue weighted by Crippen LogP contribution is 2.22. The molecular formula is C17H26N2O3. The molecule has 22 heavy (non-hydrogen) atoms. The number of benzene rings is 1. The van der Waals surface area contributed by atoms with Gasteiger partial charge in [0.05, 0.1) is 6.04 Å². The van der Waals surface area contributed by atoms with E-state index in [1.54, 1.807) is 12.1 Å². The lowest BCUT2D eigenvalue weighted by molar-refractivity contribution is 0.0903. The first kappa shape index (κ1) is 18.2. The number of carbonyl (C=O) groups excluding carboxylic acids is 2. The van der Waals surface area contributed by atoms with Gasteiger partial charge in [-0.25, -0.2) is 4.79 Å². The van der Waals surface area contributed by atoms with Crippen LogP contribution in [0.15, 0.2) is 24.3 Å². The van der Waals surface area contributed by atoms with Gasteiger partial charge in [-0.1, -0.05) is 38.1 Å². The van der Waals surface area contributed by atoms with Crippen LogP contribution in [0.2, 0.25) is 0 Å². The summed E-state index contributed by atoms with van der Waals surface area (Å²) in [5.41, 5.74) is 1.09. The molecule has 0 saturated heterocycles. The second-order valence-electron chi connectivity index (χ2n) is 6.77. The minimum Gasteiger partial charge on any atom is -0.388 e. The van der Waals surface area contributed by atoms with Crippen molar-refractivity contribution in [3.63, 3.8) is 0 Å².